The summed E-state index contributed by atoms with van der Waals surface area (Å²) in [6.45, 7) is 1.48. The SMILES string of the molecule is CCOC(=O)c1c(N)nc(Cl)nc1CN1C(=O)c2ccccc2C1=O. The fourth-order valence-corrected chi connectivity index (χ4v) is 2.76. The summed E-state index contributed by atoms with van der Waals surface area (Å²) in [5.41, 5.74) is 6.27. The van der Waals surface area contributed by atoms with Gasteiger partial charge in [0.05, 0.1) is 30.0 Å². The van der Waals surface area contributed by atoms with Crippen molar-refractivity contribution in [3.8, 4) is 0 Å². The Balaban J connectivity index is 2.00. The molecule has 9 heteroatoms. The highest BCUT2D eigenvalue weighted by Crippen LogP contribution is 2.26. The zero-order valence-electron chi connectivity index (χ0n) is 13.2. The third-order valence-corrected chi connectivity index (χ3v) is 3.82. The van der Waals surface area contributed by atoms with Gasteiger partial charge in [-0.1, -0.05) is 12.1 Å². The standard InChI is InChI=1S/C16H13ClN4O4/c1-2-25-15(24)11-10(19-16(17)20-12(11)18)7-21-13(22)8-5-3-4-6-9(8)14(21)23/h3-6H,2,7H2,1H3,(H2,18,19,20). The molecule has 2 N–H and O–H groups in total. The van der Waals surface area contributed by atoms with Gasteiger partial charge in [0.15, 0.2) is 0 Å². The minimum absolute atomic E-state index is 0.0467. The highest BCUT2D eigenvalue weighted by molar-refractivity contribution is 6.28. The van der Waals surface area contributed by atoms with Crippen molar-refractivity contribution in [1.82, 2.24) is 14.9 Å². The molecule has 3 rings (SSSR count). The van der Waals surface area contributed by atoms with E-state index in [1.807, 2.05) is 0 Å². The van der Waals surface area contributed by atoms with Crippen LogP contribution in [0.4, 0.5) is 5.82 Å². The molecule has 0 saturated carbocycles. The van der Waals surface area contributed by atoms with Crippen LogP contribution in [0, 0.1) is 0 Å². The molecule has 0 unspecified atom stereocenters. The van der Waals surface area contributed by atoms with E-state index in [0.717, 1.165) is 4.90 Å². The summed E-state index contributed by atoms with van der Waals surface area (Å²) in [5, 5.41) is -0.197. The minimum Gasteiger partial charge on any atom is -0.462 e. The van der Waals surface area contributed by atoms with Gasteiger partial charge in [-0.25, -0.2) is 14.8 Å². The van der Waals surface area contributed by atoms with Crippen LogP contribution in [0.1, 0.15) is 43.7 Å². The molecule has 0 fully saturated rings. The first-order valence-corrected chi connectivity index (χ1v) is 7.76. The van der Waals surface area contributed by atoms with Gasteiger partial charge in [0.1, 0.15) is 11.4 Å². The lowest BCUT2D eigenvalue weighted by molar-refractivity contribution is 0.0516. The van der Waals surface area contributed by atoms with Crippen LogP contribution in [-0.2, 0) is 11.3 Å². The Hall–Kier alpha value is -3.00. The summed E-state index contributed by atoms with van der Waals surface area (Å²) in [6, 6.07) is 6.44. The lowest BCUT2D eigenvalue weighted by atomic mass is 10.1. The van der Waals surface area contributed by atoms with E-state index in [2.05, 4.69) is 9.97 Å². The van der Waals surface area contributed by atoms with E-state index in [0.29, 0.717) is 11.1 Å². The van der Waals surface area contributed by atoms with E-state index in [4.69, 9.17) is 22.1 Å². The van der Waals surface area contributed by atoms with Crippen molar-refractivity contribution in [2.24, 2.45) is 0 Å². The predicted molar refractivity (Wildman–Crippen MR) is 88.1 cm³/mol. The quantitative estimate of drug-likeness (QED) is 0.501. The second-order valence-electron chi connectivity index (χ2n) is 5.16. The van der Waals surface area contributed by atoms with Crippen molar-refractivity contribution >= 4 is 35.2 Å². The highest BCUT2D eigenvalue weighted by atomic mass is 35.5. The van der Waals surface area contributed by atoms with Crippen molar-refractivity contribution < 1.29 is 19.1 Å². The molecule has 1 aromatic carbocycles. The maximum Gasteiger partial charge on any atom is 0.343 e. The van der Waals surface area contributed by atoms with Crippen LogP contribution in [0.3, 0.4) is 0 Å². The zero-order chi connectivity index (χ0) is 18.1. The summed E-state index contributed by atoms with van der Waals surface area (Å²) >= 11 is 5.81. The normalized spacial score (nSPS) is 13.1. The number of aromatic nitrogens is 2. The van der Waals surface area contributed by atoms with E-state index in [1.54, 1.807) is 31.2 Å². The number of halogens is 1. The number of rotatable bonds is 4. The number of nitrogens with two attached hydrogens (primary N) is 1. The molecular formula is C16H13ClN4O4. The summed E-state index contributed by atoms with van der Waals surface area (Å²) in [6.07, 6.45) is 0. The molecule has 0 radical (unpaired) electrons. The van der Waals surface area contributed by atoms with Crippen LogP contribution in [0.15, 0.2) is 24.3 Å². The van der Waals surface area contributed by atoms with Crippen molar-refractivity contribution in [3.63, 3.8) is 0 Å². The summed E-state index contributed by atoms with van der Waals surface area (Å²) in [7, 11) is 0. The number of anilines is 1. The van der Waals surface area contributed by atoms with E-state index < -0.39 is 17.8 Å². The van der Waals surface area contributed by atoms with E-state index in [1.165, 1.54) is 0 Å². The monoisotopic (exact) mass is 360 g/mol. The molecule has 2 aromatic rings. The fraction of sp³-hybridized carbons (Fsp3) is 0.188. The molecular weight excluding hydrogens is 348 g/mol. The van der Waals surface area contributed by atoms with Gasteiger partial charge in [-0.15, -0.1) is 0 Å². The minimum atomic E-state index is -0.747. The van der Waals surface area contributed by atoms with E-state index >= 15 is 0 Å². The molecule has 0 saturated heterocycles. The lowest BCUT2D eigenvalue weighted by Gasteiger charge is -2.16. The summed E-state index contributed by atoms with van der Waals surface area (Å²) in [4.78, 5) is 45.7. The molecule has 2 heterocycles. The summed E-state index contributed by atoms with van der Waals surface area (Å²) in [5.74, 6) is -1.89. The average Bonchev–Trinajstić information content (AvgIpc) is 2.80. The number of carbonyl (C=O) groups is 3. The molecule has 0 aliphatic carbocycles. The van der Waals surface area contributed by atoms with Crippen LogP contribution >= 0.6 is 11.6 Å². The van der Waals surface area contributed by atoms with Gasteiger partial charge in [0, 0.05) is 0 Å². The molecule has 0 bridgehead atoms. The smallest absolute Gasteiger partial charge is 0.343 e. The van der Waals surface area contributed by atoms with Crippen molar-refractivity contribution in [1.29, 1.82) is 0 Å². The molecule has 128 valence electrons. The first kappa shape index (κ1) is 16.8. The van der Waals surface area contributed by atoms with Crippen molar-refractivity contribution in [3.05, 3.63) is 51.9 Å². The van der Waals surface area contributed by atoms with Gasteiger partial charge in [-0.2, -0.15) is 0 Å². The fourth-order valence-electron chi connectivity index (χ4n) is 2.57. The Morgan fingerprint density at radius 2 is 1.80 bits per heavy atom. The van der Waals surface area contributed by atoms with Gasteiger partial charge < -0.3 is 10.5 Å². The number of ether oxygens (including phenoxy) is 1. The van der Waals surface area contributed by atoms with Crippen molar-refractivity contribution in [2.75, 3.05) is 12.3 Å². The van der Waals surface area contributed by atoms with Gasteiger partial charge in [-0.3, -0.25) is 14.5 Å². The largest absolute Gasteiger partial charge is 0.462 e. The number of carbonyl (C=O) groups excluding carboxylic acids is 3. The Kier molecular flexibility index (Phi) is 4.37. The Bertz CT molecular complexity index is 865. The molecule has 1 aliphatic heterocycles. The second-order valence-corrected chi connectivity index (χ2v) is 5.50. The lowest BCUT2D eigenvalue weighted by Crippen LogP contribution is -2.31. The molecule has 2 amide bonds. The second kappa shape index (κ2) is 6.48. The number of fused-ring (bicyclic) bond motifs is 1. The molecule has 1 aromatic heterocycles. The third-order valence-electron chi connectivity index (χ3n) is 3.65. The number of benzene rings is 1. The summed E-state index contributed by atoms with van der Waals surface area (Å²) < 4.78 is 4.94. The average molecular weight is 361 g/mol. The maximum atomic E-state index is 12.5. The van der Waals surface area contributed by atoms with E-state index in [-0.39, 0.29) is 35.5 Å². The van der Waals surface area contributed by atoms with Gasteiger partial charge in [-0.05, 0) is 30.7 Å². The number of nitrogen functional groups attached to an aromatic ring is 1. The molecule has 8 nitrogen and oxygen atoms in total. The third kappa shape index (κ3) is 2.91. The number of esters is 1. The topological polar surface area (TPSA) is 115 Å². The number of nitrogens with zero attached hydrogens (tertiary/aromatic N) is 3. The molecule has 25 heavy (non-hydrogen) atoms. The predicted octanol–water partition coefficient (Wildman–Crippen LogP) is 1.69. The maximum absolute atomic E-state index is 12.5. The van der Waals surface area contributed by atoms with Crippen LogP contribution in [-0.4, -0.2) is 39.3 Å². The molecule has 0 atom stereocenters. The molecule has 0 spiro atoms. The zero-order valence-corrected chi connectivity index (χ0v) is 13.9. The Labute approximate surface area is 147 Å². The van der Waals surface area contributed by atoms with Gasteiger partial charge in [0.25, 0.3) is 11.8 Å². The van der Waals surface area contributed by atoms with Crippen molar-refractivity contribution in [2.45, 2.75) is 13.5 Å². The van der Waals surface area contributed by atoms with Crippen LogP contribution in [0.25, 0.3) is 0 Å². The van der Waals surface area contributed by atoms with E-state index in [9.17, 15) is 14.4 Å². The van der Waals surface area contributed by atoms with Crippen LogP contribution < -0.4 is 5.73 Å². The van der Waals surface area contributed by atoms with Gasteiger partial charge >= 0.3 is 5.97 Å². The Morgan fingerprint density at radius 1 is 1.20 bits per heavy atom. The molecule has 1 aliphatic rings. The number of amides is 2. The van der Waals surface area contributed by atoms with Gasteiger partial charge in [0.2, 0.25) is 5.28 Å². The Morgan fingerprint density at radius 3 is 2.36 bits per heavy atom. The first-order valence-electron chi connectivity index (χ1n) is 7.38. The first-order chi connectivity index (χ1) is 11.9. The van der Waals surface area contributed by atoms with Crippen LogP contribution in [0.5, 0.6) is 0 Å². The number of hydrogen-bond acceptors (Lipinski definition) is 7. The number of hydrogen-bond donors (Lipinski definition) is 1. The highest BCUT2D eigenvalue weighted by Gasteiger charge is 2.36. The number of imide groups is 1. The van der Waals surface area contributed by atoms with Crippen LogP contribution in [0.2, 0.25) is 5.28 Å².